The van der Waals surface area contributed by atoms with Crippen LogP contribution in [0.2, 0.25) is 0 Å². The number of aliphatic hydroxyl groups excluding tert-OH is 1. The van der Waals surface area contributed by atoms with E-state index in [9.17, 15) is 18.7 Å². The lowest BCUT2D eigenvalue weighted by Gasteiger charge is -2.32. The summed E-state index contributed by atoms with van der Waals surface area (Å²) in [5, 5.41) is 10.5. The summed E-state index contributed by atoms with van der Waals surface area (Å²) in [5.41, 5.74) is 2.53. The Morgan fingerprint density at radius 2 is 1.59 bits per heavy atom. The summed E-state index contributed by atoms with van der Waals surface area (Å²) in [7, 11) is 0. The Bertz CT molecular complexity index is 1380. The van der Waals surface area contributed by atoms with E-state index in [1.54, 1.807) is 24.3 Å². The topological polar surface area (TPSA) is 118 Å². The molecule has 1 aromatic heterocycles. The van der Waals surface area contributed by atoms with Gasteiger partial charge in [-0.2, -0.15) is 13.8 Å². The van der Waals surface area contributed by atoms with Crippen LogP contribution in [0.4, 0.5) is 23.4 Å². The van der Waals surface area contributed by atoms with Gasteiger partial charge in [-0.3, -0.25) is 9.09 Å². The molecule has 1 aliphatic rings. The molecule has 0 spiro atoms. The van der Waals surface area contributed by atoms with Crippen molar-refractivity contribution in [3.8, 4) is 11.5 Å². The third kappa shape index (κ3) is 5.94. The van der Waals surface area contributed by atoms with Crippen LogP contribution < -0.4 is 20.5 Å². The molecule has 0 unspecified atom stereocenters. The molecule has 39 heavy (non-hydrogen) atoms. The van der Waals surface area contributed by atoms with E-state index in [1.807, 2.05) is 13.8 Å². The molecule has 1 fully saturated rings. The molecule has 0 bridgehead atoms. The normalized spacial score (nSPS) is 22.7. The largest absolute Gasteiger partial charge is 0.435 e. The zero-order valence-electron chi connectivity index (χ0n) is 20.5. The van der Waals surface area contributed by atoms with Gasteiger partial charge in [0.05, 0.1) is 6.61 Å². The van der Waals surface area contributed by atoms with Crippen LogP contribution in [0.1, 0.15) is 17.4 Å². The number of nitrogens with two attached hydrogens (primary N) is 1. The maximum absolute atomic E-state index is 15.2. The van der Waals surface area contributed by atoms with Gasteiger partial charge in [-0.25, -0.2) is 13.6 Å². The van der Waals surface area contributed by atoms with Crippen LogP contribution in [0, 0.1) is 13.8 Å². The Morgan fingerprint density at radius 3 is 2.05 bits per heavy atom. The summed E-state index contributed by atoms with van der Waals surface area (Å²) in [6.07, 6.45) is -8.70. The van der Waals surface area contributed by atoms with E-state index in [1.165, 1.54) is 24.3 Å². The molecule has 9 nitrogen and oxygen atoms in total. The Balaban J connectivity index is 1.67. The standard InChI is InChI=1S/C24H24F4N3O6PS/c1-14-3-7-16(8-4-14)36-38(39,37-17-9-5-15(2)6-10-17)34-13-23(20(25)26)19(32)24(27,28)21(35-23)31-12-11-18(29)30-22(31)33/h3-12,19-21,32H,13H2,1-2H3,(H2,29,30,33)/t19-,21-,23-/m1/s1. The number of hydrogen-bond acceptors (Lipinski definition) is 9. The molecule has 0 amide bonds. The minimum atomic E-state index is -4.38. The van der Waals surface area contributed by atoms with Crippen LogP contribution >= 0.6 is 6.72 Å². The first-order chi connectivity index (χ1) is 18.3. The molecular formula is C24H24F4N3O6PS. The fourth-order valence-electron chi connectivity index (χ4n) is 3.71. The summed E-state index contributed by atoms with van der Waals surface area (Å²) in [6.45, 7) is -1.76. The van der Waals surface area contributed by atoms with E-state index in [0.29, 0.717) is 0 Å². The van der Waals surface area contributed by atoms with Gasteiger partial charge >= 0.3 is 18.3 Å². The molecule has 0 aliphatic carbocycles. The molecule has 1 saturated heterocycles. The van der Waals surface area contributed by atoms with Gasteiger partial charge in [0.15, 0.2) is 11.7 Å². The molecule has 2 heterocycles. The first-order valence-corrected chi connectivity index (χ1v) is 13.9. The first-order valence-electron chi connectivity index (χ1n) is 11.4. The van der Waals surface area contributed by atoms with Gasteiger partial charge in [0, 0.05) is 18.0 Å². The number of aliphatic hydroxyl groups is 1. The third-order valence-electron chi connectivity index (χ3n) is 5.89. The number of aryl methyl sites for hydroxylation is 2. The SMILES string of the molecule is Cc1ccc(OP(=S)(OC[C@@]2(C(F)F)O[C@@H](n3ccc(N)nc3=O)C(F)(F)[C@@H]2O)Oc2ccc(C)cc2)cc1. The second kappa shape index (κ2) is 10.9. The minimum Gasteiger partial charge on any atom is -0.416 e. The summed E-state index contributed by atoms with van der Waals surface area (Å²) in [5.74, 6) is -4.33. The molecule has 2 aromatic carbocycles. The number of aromatic nitrogens is 2. The van der Waals surface area contributed by atoms with Crippen molar-refractivity contribution in [1.29, 1.82) is 0 Å². The van der Waals surface area contributed by atoms with E-state index in [4.69, 9.17) is 35.8 Å². The van der Waals surface area contributed by atoms with Gasteiger partial charge in [0.1, 0.15) is 17.3 Å². The Labute approximate surface area is 225 Å². The van der Waals surface area contributed by atoms with E-state index in [2.05, 4.69) is 4.98 Å². The van der Waals surface area contributed by atoms with Crippen LogP contribution in [-0.4, -0.2) is 45.3 Å². The number of hydrogen-bond donors (Lipinski definition) is 2. The molecular weight excluding hydrogens is 565 g/mol. The van der Waals surface area contributed by atoms with Gasteiger partial charge < -0.3 is 24.6 Å². The van der Waals surface area contributed by atoms with Crippen molar-refractivity contribution in [2.24, 2.45) is 0 Å². The Kier molecular flexibility index (Phi) is 8.06. The molecule has 15 heteroatoms. The van der Waals surface area contributed by atoms with Crippen molar-refractivity contribution < 1.29 is 41.0 Å². The van der Waals surface area contributed by atoms with Crippen LogP contribution in [0.5, 0.6) is 11.5 Å². The predicted octanol–water partition coefficient (Wildman–Crippen LogP) is 4.37. The lowest BCUT2D eigenvalue weighted by Crippen LogP contribution is -2.54. The van der Waals surface area contributed by atoms with Gasteiger partial charge in [0.25, 0.3) is 6.43 Å². The highest BCUT2D eigenvalue weighted by Gasteiger charge is 2.71. The number of benzene rings is 2. The highest BCUT2D eigenvalue weighted by atomic mass is 32.5. The van der Waals surface area contributed by atoms with Crippen molar-refractivity contribution in [3.63, 3.8) is 0 Å². The molecule has 3 aromatic rings. The quantitative estimate of drug-likeness (QED) is 0.277. The molecule has 4 rings (SSSR count). The van der Waals surface area contributed by atoms with E-state index >= 15 is 8.78 Å². The Hall–Kier alpha value is -3.03. The Morgan fingerprint density at radius 1 is 1.08 bits per heavy atom. The van der Waals surface area contributed by atoms with Crippen molar-refractivity contribution in [2.45, 2.75) is 44.1 Å². The van der Waals surface area contributed by atoms with E-state index < -0.39 is 49.3 Å². The van der Waals surface area contributed by atoms with Crippen molar-refractivity contribution in [2.75, 3.05) is 12.3 Å². The number of ether oxygens (including phenoxy) is 1. The maximum Gasteiger partial charge on any atom is 0.435 e. The van der Waals surface area contributed by atoms with Crippen LogP contribution in [0.15, 0.2) is 65.6 Å². The zero-order chi connectivity index (χ0) is 28.6. The third-order valence-corrected chi connectivity index (χ3v) is 7.96. The van der Waals surface area contributed by atoms with E-state index in [0.717, 1.165) is 23.4 Å². The average molecular weight is 590 g/mol. The molecule has 0 saturated carbocycles. The number of nitrogen functional groups attached to an aromatic ring is 1. The fraction of sp³-hybridized carbons (Fsp3) is 0.333. The monoisotopic (exact) mass is 589 g/mol. The summed E-state index contributed by atoms with van der Waals surface area (Å²) < 4.78 is 81.5. The van der Waals surface area contributed by atoms with E-state index in [-0.39, 0.29) is 21.9 Å². The van der Waals surface area contributed by atoms with Crippen molar-refractivity contribution >= 4 is 24.3 Å². The predicted molar refractivity (Wildman–Crippen MR) is 137 cm³/mol. The van der Waals surface area contributed by atoms with Crippen LogP contribution in [0.3, 0.4) is 0 Å². The highest BCUT2D eigenvalue weighted by molar-refractivity contribution is 8.07. The van der Waals surface area contributed by atoms with Crippen LogP contribution in [0.25, 0.3) is 0 Å². The lowest BCUT2D eigenvalue weighted by molar-refractivity contribution is -0.192. The number of rotatable bonds is 9. The molecule has 3 N–H and O–H groups in total. The molecule has 1 aliphatic heterocycles. The zero-order valence-corrected chi connectivity index (χ0v) is 22.3. The van der Waals surface area contributed by atoms with Crippen LogP contribution in [-0.2, 0) is 21.1 Å². The smallest absolute Gasteiger partial charge is 0.416 e. The fourth-order valence-corrected chi connectivity index (χ4v) is 5.65. The van der Waals surface area contributed by atoms with Gasteiger partial charge in [0.2, 0.25) is 6.23 Å². The summed E-state index contributed by atoms with van der Waals surface area (Å²) >= 11 is 5.45. The summed E-state index contributed by atoms with van der Waals surface area (Å²) in [4.78, 5) is 15.5. The molecule has 0 radical (unpaired) electrons. The van der Waals surface area contributed by atoms with Gasteiger partial charge in [-0.05, 0) is 44.2 Å². The molecule has 210 valence electrons. The number of anilines is 1. The second-order valence-corrected chi connectivity index (χ2v) is 11.7. The van der Waals surface area contributed by atoms with Gasteiger partial charge in [-0.15, -0.1) is 0 Å². The first kappa shape index (κ1) is 29.0. The lowest BCUT2D eigenvalue weighted by atomic mass is 9.96. The average Bonchev–Trinajstić information content (AvgIpc) is 3.07. The number of alkyl halides is 4. The minimum absolute atomic E-state index is 0.165. The van der Waals surface area contributed by atoms with Crippen molar-refractivity contribution in [3.05, 3.63) is 82.4 Å². The number of nitrogens with zero attached hydrogens (tertiary/aromatic N) is 2. The second-order valence-electron chi connectivity index (χ2n) is 8.87. The highest BCUT2D eigenvalue weighted by Crippen LogP contribution is 2.55. The van der Waals surface area contributed by atoms with Crippen molar-refractivity contribution in [1.82, 2.24) is 9.55 Å². The van der Waals surface area contributed by atoms with Gasteiger partial charge in [-0.1, -0.05) is 35.4 Å². The molecule has 3 atom stereocenters. The maximum atomic E-state index is 15.2. The summed E-state index contributed by atoms with van der Waals surface area (Å²) in [6, 6.07) is 13.9. The number of halogens is 4.